The first-order valence-corrected chi connectivity index (χ1v) is 8.29. The number of ether oxygens (including phenoxy) is 1. The van der Waals surface area contributed by atoms with Crippen LogP contribution < -0.4 is 10.1 Å². The SMILES string of the molecule is COc1cccc(CNc2ncnc3sc4c(c23)CCC4)c1. The van der Waals surface area contributed by atoms with Crippen LogP contribution in [0.2, 0.25) is 0 Å². The summed E-state index contributed by atoms with van der Waals surface area (Å²) in [5.74, 6) is 1.83. The first-order chi connectivity index (χ1) is 10.8. The molecular weight excluding hydrogens is 294 g/mol. The summed E-state index contributed by atoms with van der Waals surface area (Å²) < 4.78 is 5.27. The van der Waals surface area contributed by atoms with Gasteiger partial charge < -0.3 is 10.1 Å². The van der Waals surface area contributed by atoms with Gasteiger partial charge in [-0.15, -0.1) is 11.3 Å². The lowest BCUT2D eigenvalue weighted by Crippen LogP contribution is -2.02. The molecule has 4 nitrogen and oxygen atoms in total. The molecule has 0 amide bonds. The molecule has 0 saturated heterocycles. The largest absolute Gasteiger partial charge is 0.497 e. The topological polar surface area (TPSA) is 47.0 Å². The minimum Gasteiger partial charge on any atom is -0.497 e. The molecule has 2 heterocycles. The zero-order chi connectivity index (χ0) is 14.9. The number of hydrogen-bond acceptors (Lipinski definition) is 5. The molecule has 22 heavy (non-hydrogen) atoms. The van der Waals surface area contributed by atoms with E-state index in [0.717, 1.165) is 29.4 Å². The molecule has 2 aromatic heterocycles. The average molecular weight is 311 g/mol. The van der Waals surface area contributed by atoms with Crippen molar-refractivity contribution in [3.05, 3.63) is 46.6 Å². The Hall–Kier alpha value is -2.14. The molecule has 5 heteroatoms. The van der Waals surface area contributed by atoms with Crippen molar-refractivity contribution in [2.45, 2.75) is 25.8 Å². The second-order valence-electron chi connectivity index (χ2n) is 5.46. The Morgan fingerprint density at radius 2 is 2.23 bits per heavy atom. The van der Waals surface area contributed by atoms with Gasteiger partial charge in [0.15, 0.2) is 0 Å². The van der Waals surface area contributed by atoms with Crippen molar-refractivity contribution >= 4 is 27.4 Å². The van der Waals surface area contributed by atoms with Crippen LogP contribution in [-0.2, 0) is 19.4 Å². The Kier molecular flexibility index (Phi) is 3.42. The minimum absolute atomic E-state index is 0.730. The number of methoxy groups -OCH3 is 1. The predicted molar refractivity (Wildman–Crippen MR) is 89.8 cm³/mol. The van der Waals surface area contributed by atoms with Crippen LogP contribution in [0, 0.1) is 0 Å². The first-order valence-electron chi connectivity index (χ1n) is 7.47. The lowest BCUT2D eigenvalue weighted by atomic mass is 10.1. The summed E-state index contributed by atoms with van der Waals surface area (Å²) in [6.45, 7) is 0.730. The first kappa shape index (κ1) is 13.5. The summed E-state index contributed by atoms with van der Waals surface area (Å²) >= 11 is 1.82. The Bertz CT molecular complexity index is 828. The van der Waals surface area contributed by atoms with Crippen molar-refractivity contribution in [2.75, 3.05) is 12.4 Å². The van der Waals surface area contributed by atoms with Gasteiger partial charge in [0.25, 0.3) is 0 Å². The molecule has 1 aliphatic carbocycles. The van der Waals surface area contributed by atoms with Crippen molar-refractivity contribution < 1.29 is 4.74 Å². The standard InChI is InChI=1S/C17H17N3OS/c1-21-12-5-2-4-11(8-12)9-18-16-15-13-6-3-7-14(13)22-17(15)20-10-19-16/h2,4-5,8,10H,3,6-7,9H2,1H3,(H,18,19,20). The Morgan fingerprint density at radius 3 is 3.14 bits per heavy atom. The number of anilines is 1. The van der Waals surface area contributed by atoms with E-state index >= 15 is 0 Å². The van der Waals surface area contributed by atoms with Gasteiger partial charge in [-0.3, -0.25) is 0 Å². The monoisotopic (exact) mass is 311 g/mol. The van der Waals surface area contributed by atoms with Crippen molar-refractivity contribution in [3.8, 4) is 5.75 Å². The number of aryl methyl sites for hydroxylation is 2. The predicted octanol–water partition coefficient (Wildman–Crippen LogP) is 3.80. The molecule has 0 atom stereocenters. The number of aromatic nitrogens is 2. The Balaban J connectivity index is 1.64. The fourth-order valence-corrected chi connectivity index (χ4v) is 4.26. The summed E-state index contributed by atoms with van der Waals surface area (Å²) in [4.78, 5) is 11.5. The number of nitrogens with zero attached hydrogens (tertiary/aromatic N) is 2. The fourth-order valence-electron chi connectivity index (χ4n) is 3.03. The number of benzene rings is 1. The van der Waals surface area contributed by atoms with Crippen LogP contribution in [0.15, 0.2) is 30.6 Å². The maximum Gasteiger partial charge on any atom is 0.138 e. The zero-order valence-corrected chi connectivity index (χ0v) is 13.2. The van der Waals surface area contributed by atoms with Crippen LogP contribution in [0.25, 0.3) is 10.2 Å². The molecule has 1 aliphatic rings. The summed E-state index contributed by atoms with van der Waals surface area (Å²) in [7, 11) is 1.69. The second kappa shape index (κ2) is 5.57. The molecule has 0 fully saturated rings. The number of rotatable bonds is 4. The molecule has 1 aromatic carbocycles. The molecule has 0 unspecified atom stereocenters. The van der Waals surface area contributed by atoms with Crippen LogP contribution in [0.1, 0.15) is 22.4 Å². The van der Waals surface area contributed by atoms with Crippen LogP contribution in [-0.4, -0.2) is 17.1 Å². The summed E-state index contributed by atoms with van der Waals surface area (Å²) in [6.07, 6.45) is 5.24. The molecule has 0 spiro atoms. The third-order valence-electron chi connectivity index (χ3n) is 4.10. The Labute approximate surface area is 133 Å². The van der Waals surface area contributed by atoms with Gasteiger partial charge in [0.1, 0.15) is 22.7 Å². The van der Waals surface area contributed by atoms with Crippen molar-refractivity contribution in [1.29, 1.82) is 0 Å². The van der Waals surface area contributed by atoms with E-state index in [-0.39, 0.29) is 0 Å². The van der Waals surface area contributed by atoms with E-state index < -0.39 is 0 Å². The molecule has 0 bridgehead atoms. The summed E-state index contributed by atoms with van der Waals surface area (Å²) in [5, 5.41) is 4.70. The highest BCUT2D eigenvalue weighted by molar-refractivity contribution is 7.19. The highest BCUT2D eigenvalue weighted by Gasteiger charge is 2.20. The van der Waals surface area contributed by atoms with Gasteiger partial charge in [-0.1, -0.05) is 12.1 Å². The van der Waals surface area contributed by atoms with E-state index in [4.69, 9.17) is 4.74 Å². The van der Waals surface area contributed by atoms with E-state index in [1.807, 2.05) is 29.5 Å². The van der Waals surface area contributed by atoms with E-state index in [9.17, 15) is 0 Å². The molecule has 0 radical (unpaired) electrons. The number of fused-ring (bicyclic) bond motifs is 3. The van der Waals surface area contributed by atoms with E-state index in [1.54, 1.807) is 13.4 Å². The molecule has 3 aromatic rings. The lowest BCUT2D eigenvalue weighted by Gasteiger charge is -2.09. The molecule has 0 aliphatic heterocycles. The smallest absolute Gasteiger partial charge is 0.138 e. The average Bonchev–Trinajstić information content (AvgIpc) is 3.13. The molecule has 1 N–H and O–H groups in total. The van der Waals surface area contributed by atoms with Crippen LogP contribution in [0.5, 0.6) is 5.75 Å². The molecular formula is C17H17N3OS. The molecule has 4 rings (SSSR count). The maximum atomic E-state index is 5.27. The Morgan fingerprint density at radius 1 is 1.27 bits per heavy atom. The maximum absolute atomic E-state index is 5.27. The summed E-state index contributed by atoms with van der Waals surface area (Å²) in [5.41, 5.74) is 2.63. The van der Waals surface area contributed by atoms with Gasteiger partial charge in [0, 0.05) is 11.4 Å². The van der Waals surface area contributed by atoms with Gasteiger partial charge in [0.2, 0.25) is 0 Å². The quantitative estimate of drug-likeness (QED) is 0.796. The fraction of sp³-hybridized carbons (Fsp3) is 0.294. The second-order valence-corrected chi connectivity index (χ2v) is 6.55. The highest BCUT2D eigenvalue weighted by Crippen LogP contribution is 2.39. The van der Waals surface area contributed by atoms with E-state index in [2.05, 4.69) is 21.4 Å². The highest BCUT2D eigenvalue weighted by atomic mass is 32.1. The minimum atomic E-state index is 0.730. The van der Waals surface area contributed by atoms with Crippen molar-refractivity contribution in [3.63, 3.8) is 0 Å². The number of nitrogens with one attached hydrogen (secondary N) is 1. The van der Waals surface area contributed by atoms with Gasteiger partial charge >= 0.3 is 0 Å². The number of hydrogen-bond donors (Lipinski definition) is 1. The van der Waals surface area contributed by atoms with Gasteiger partial charge in [-0.25, -0.2) is 9.97 Å². The van der Waals surface area contributed by atoms with Gasteiger partial charge in [-0.05, 0) is 42.5 Å². The van der Waals surface area contributed by atoms with Crippen molar-refractivity contribution in [1.82, 2.24) is 9.97 Å². The third kappa shape index (κ3) is 2.31. The van der Waals surface area contributed by atoms with Crippen molar-refractivity contribution in [2.24, 2.45) is 0 Å². The van der Waals surface area contributed by atoms with Gasteiger partial charge in [-0.2, -0.15) is 0 Å². The normalized spacial score (nSPS) is 13.3. The van der Waals surface area contributed by atoms with Crippen LogP contribution in [0.4, 0.5) is 5.82 Å². The van der Waals surface area contributed by atoms with Crippen LogP contribution >= 0.6 is 11.3 Å². The zero-order valence-electron chi connectivity index (χ0n) is 12.4. The van der Waals surface area contributed by atoms with E-state index in [0.29, 0.717) is 0 Å². The summed E-state index contributed by atoms with van der Waals surface area (Å²) in [6, 6.07) is 8.10. The number of thiophene rings is 1. The van der Waals surface area contributed by atoms with Crippen LogP contribution in [0.3, 0.4) is 0 Å². The molecule has 0 saturated carbocycles. The third-order valence-corrected chi connectivity index (χ3v) is 5.30. The van der Waals surface area contributed by atoms with E-state index in [1.165, 1.54) is 34.2 Å². The van der Waals surface area contributed by atoms with Gasteiger partial charge in [0.05, 0.1) is 12.5 Å². The molecule has 112 valence electrons. The lowest BCUT2D eigenvalue weighted by molar-refractivity contribution is 0.414.